The lowest BCUT2D eigenvalue weighted by Crippen LogP contribution is -2.24. The standard InChI is InChI=1S/C12H15N5O2/c1-9-7-10(19-17-9)8-16-11(18)3-6-15-12-13-4-2-5-14-12/h2,4-5,7H,3,6,8H2,1H3,(H,16,18)(H,13,14,15). The summed E-state index contributed by atoms with van der Waals surface area (Å²) in [5, 5.41) is 9.45. The van der Waals surface area contributed by atoms with E-state index in [0.717, 1.165) is 5.69 Å². The number of amides is 1. The zero-order valence-electron chi connectivity index (χ0n) is 10.6. The van der Waals surface area contributed by atoms with Gasteiger partial charge in [-0.15, -0.1) is 0 Å². The number of rotatable bonds is 6. The molecule has 0 fully saturated rings. The number of carbonyl (C=O) groups excluding carboxylic acids is 1. The molecule has 7 nitrogen and oxygen atoms in total. The predicted molar refractivity (Wildman–Crippen MR) is 68.2 cm³/mol. The highest BCUT2D eigenvalue weighted by molar-refractivity contribution is 5.76. The molecular formula is C12H15N5O2. The van der Waals surface area contributed by atoms with Crippen LogP contribution in [0.2, 0.25) is 0 Å². The van der Waals surface area contributed by atoms with E-state index in [1.807, 2.05) is 6.92 Å². The largest absolute Gasteiger partial charge is 0.359 e. The second kappa shape index (κ2) is 6.48. The third-order valence-corrected chi connectivity index (χ3v) is 2.34. The zero-order valence-corrected chi connectivity index (χ0v) is 10.6. The van der Waals surface area contributed by atoms with Crippen LogP contribution < -0.4 is 10.6 Å². The van der Waals surface area contributed by atoms with Gasteiger partial charge in [0.05, 0.1) is 12.2 Å². The van der Waals surface area contributed by atoms with Gasteiger partial charge in [-0.05, 0) is 13.0 Å². The Labute approximate surface area is 110 Å². The number of hydrogen-bond acceptors (Lipinski definition) is 6. The van der Waals surface area contributed by atoms with Crippen molar-refractivity contribution < 1.29 is 9.32 Å². The summed E-state index contributed by atoms with van der Waals surface area (Å²) in [4.78, 5) is 19.5. The summed E-state index contributed by atoms with van der Waals surface area (Å²) in [7, 11) is 0. The van der Waals surface area contributed by atoms with Gasteiger partial charge >= 0.3 is 0 Å². The van der Waals surface area contributed by atoms with E-state index in [2.05, 4.69) is 25.8 Å². The molecule has 0 aliphatic heterocycles. The van der Waals surface area contributed by atoms with Crippen molar-refractivity contribution in [2.24, 2.45) is 0 Å². The number of carbonyl (C=O) groups is 1. The number of aromatic nitrogens is 3. The molecule has 0 unspecified atom stereocenters. The number of aryl methyl sites for hydroxylation is 1. The van der Waals surface area contributed by atoms with Crippen LogP contribution >= 0.6 is 0 Å². The van der Waals surface area contributed by atoms with Crippen molar-refractivity contribution in [1.29, 1.82) is 0 Å². The quantitative estimate of drug-likeness (QED) is 0.802. The molecule has 0 saturated carbocycles. The SMILES string of the molecule is Cc1cc(CNC(=O)CCNc2ncccn2)on1. The fraction of sp³-hybridized carbons (Fsp3) is 0.333. The van der Waals surface area contributed by atoms with Crippen molar-refractivity contribution in [1.82, 2.24) is 20.4 Å². The molecule has 2 rings (SSSR count). The van der Waals surface area contributed by atoms with Crippen LogP contribution in [0.25, 0.3) is 0 Å². The summed E-state index contributed by atoms with van der Waals surface area (Å²) in [6.45, 7) is 2.66. The monoisotopic (exact) mass is 261 g/mol. The molecular weight excluding hydrogens is 246 g/mol. The van der Waals surface area contributed by atoms with Gasteiger partial charge in [0.2, 0.25) is 11.9 Å². The Morgan fingerprint density at radius 3 is 2.84 bits per heavy atom. The lowest BCUT2D eigenvalue weighted by atomic mass is 10.3. The van der Waals surface area contributed by atoms with E-state index in [-0.39, 0.29) is 5.91 Å². The van der Waals surface area contributed by atoms with Gasteiger partial charge in [-0.1, -0.05) is 5.16 Å². The molecule has 100 valence electrons. The van der Waals surface area contributed by atoms with E-state index in [9.17, 15) is 4.79 Å². The van der Waals surface area contributed by atoms with Crippen LogP contribution in [0.1, 0.15) is 17.9 Å². The highest BCUT2D eigenvalue weighted by Gasteiger charge is 2.04. The molecule has 2 aromatic heterocycles. The molecule has 7 heteroatoms. The van der Waals surface area contributed by atoms with Crippen molar-refractivity contribution in [3.05, 3.63) is 36.0 Å². The van der Waals surface area contributed by atoms with Gasteiger partial charge in [0, 0.05) is 31.4 Å². The maximum atomic E-state index is 11.6. The van der Waals surface area contributed by atoms with Crippen LogP contribution in [0.15, 0.2) is 29.0 Å². The molecule has 0 radical (unpaired) electrons. The molecule has 0 aromatic carbocycles. The summed E-state index contributed by atoms with van der Waals surface area (Å²) in [5.41, 5.74) is 0.798. The zero-order chi connectivity index (χ0) is 13.5. The topological polar surface area (TPSA) is 92.9 Å². The Morgan fingerprint density at radius 1 is 1.37 bits per heavy atom. The van der Waals surface area contributed by atoms with Crippen molar-refractivity contribution in [3.63, 3.8) is 0 Å². The molecule has 0 spiro atoms. The Balaban J connectivity index is 1.65. The van der Waals surface area contributed by atoms with Crippen LogP contribution in [0.3, 0.4) is 0 Å². The van der Waals surface area contributed by atoms with Crippen molar-refractivity contribution >= 4 is 11.9 Å². The average molecular weight is 261 g/mol. The third-order valence-electron chi connectivity index (χ3n) is 2.34. The molecule has 2 N–H and O–H groups in total. The third kappa shape index (κ3) is 4.38. The van der Waals surface area contributed by atoms with E-state index in [0.29, 0.717) is 31.2 Å². The van der Waals surface area contributed by atoms with Gasteiger partial charge in [0.15, 0.2) is 5.76 Å². The van der Waals surface area contributed by atoms with Gasteiger partial charge in [0.1, 0.15) is 0 Å². The van der Waals surface area contributed by atoms with Gasteiger partial charge < -0.3 is 15.2 Å². The minimum Gasteiger partial charge on any atom is -0.359 e. The van der Waals surface area contributed by atoms with E-state index >= 15 is 0 Å². The minimum atomic E-state index is -0.0718. The molecule has 0 aliphatic rings. The van der Waals surface area contributed by atoms with Crippen molar-refractivity contribution in [3.8, 4) is 0 Å². The molecule has 0 bridgehead atoms. The fourth-order valence-electron chi connectivity index (χ4n) is 1.45. The van der Waals surface area contributed by atoms with E-state index in [4.69, 9.17) is 4.52 Å². The first kappa shape index (κ1) is 13.0. The van der Waals surface area contributed by atoms with Gasteiger partial charge in [-0.2, -0.15) is 0 Å². The molecule has 0 atom stereocenters. The molecule has 1 amide bonds. The van der Waals surface area contributed by atoms with Crippen molar-refractivity contribution in [2.45, 2.75) is 19.9 Å². The van der Waals surface area contributed by atoms with Crippen LogP contribution in [0.4, 0.5) is 5.95 Å². The van der Waals surface area contributed by atoms with Crippen LogP contribution in [0, 0.1) is 6.92 Å². The molecule has 0 aliphatic carbocycles. The first-order valence-electron chi connectivity index (χ1n) is 5.94. The van der Waals surface area contributed by atoms with Crippen LogP contribution in [-0.2, 0) is 11.3 Å². The van der Waals surface area contributed by atoms with Gasteiger partial charge in [0.25, 0.3) is 0 Å². The first-order chi connectivity index (χ1) is 9.24. The second-order valence-corrected chi connectivity index (χ2v) is 3.96. The summed E-state index contributed by atoms with van der Waals surface area (Å²) >= 11 is 0. The first-order valence-corrected chi connectivity index (χ1v) is 5.94. The molecule has 19 heavy (non-hydrogen) atoms. The Hall–Kier alpha value is -2.44. The normalized spacial score (nSPS) is 10.2. The molecule has 2 heterocycles. The second-order valence-electron chi connectivity index (χ2n) is 3.96. The Bertz CT molecular complexity index is 526. The smallest absolute Gasteiger partial charge is 0.222 e. The number of nitrogens with zero attached hydrogens (tertiary/aromatic N) is 3. The minimum absolute atomic E-state index is 0.0718. The van der Waals surface area contributed by atoms with Gasteiger partial charge in [-0.3, -0.25) is 4.79 Å². The Kier molecular flexibility index (Phi) is 4.44. The lowest BCUT2D eigenvalue weighted by molar-refractivity contribution is -0.121. The molecule has 0 saturated heterocycles. The molecule has 2 aromatic rings. The summed E-state index contributed by atoms with van der Waals surface area (Å²) in [6, 6.07) is 3.52. The number of hydrogen-bond donors (Lipinski definition) is 2. The highest BCUT2D eigenvalue weighted by atomic mass is 16.5. The van der Waals surface area contributed by atoms with E-state index < -0.39 is 0 Å². The summed E-state index contributed by atoms with van der Waals surface area (Å²) < 4.78 is 4.99. The summed E-state index contributed by atoms with van der Waals surface area (Å²) in [5.74, 6) is 1.09. The van der Waals surface area contributed by atoms with Crippen molar-refractivity contribution in [2.75, 3.05) is 11.9 Å². The fourth-order valence-corrected chi connectivity index (χ4v) is 1.45. The maximum absolute atomic E-state index is 11.6. The summed E-state index contributed by atoms with van der Waals surface area (Å²) in [6.07, 6.45) is 3.62. The predicted octanol–water partition coefficient (Wildman–Crippen LogP) is 0.891. The highest BCUT2D eigenvalue weighted by Crippen LogP contribution is 2.01. The number of anilines is 1. The average Bonchev–Trinajstić information content (AvgIpc) is 2.83. The van der Waals surface area contributed by atoms with E-state index in [1.165, 1.54) is 0 Å². The van der Waals surface area contributed by atoms with Crippen LogP contribution in [-0.4, -0.2) is 27.6 Å². The van der Waals surface area contributed by atoms with Crippen LogP contribution in [0.5, 0.6) is 0 Å². The van der Waals surface area contributed by atoms with E-state index in [1.54, 1.807) is 24.5 Å². The van der Waals surface area contributed by atoms with Gasteiger partial charge in [-0.25, -0.2) is 9.97 Å². The lowest BCUT2D eigenvalue weighted by Gasteiger charge is -2.04. The maximum Gasteiger partial charge on any atom is 0.222 e. The Morgan fingerprint density at radius 2 is 2.16 bits per heavy atom. The number of nitrogens with one attached hydrogen (secondary N) is 2.